The van der Waals surface area contributed by atoms with Crippen LogP contribution in [0.5, 0.6) is 0 Å². The van der Waals surface area contributed by atoms with E-state index < -0.39 is 59.3 Å². The van der Waals surface area contributed by atoms with Crippen LogP contribution in [0.4, 0.5) is 4.39 Å². The number of carbonyl (C=O) groups excluding carboxylic acids is 5. The maximum absolute atomic E-state index is 13.8. The van der Waals surface area contributed by atoms with Crippen molar-refractivity contribution in [2.24, 2.45) is 0 Å². The molecule has 0 aliphatic carbocycles. The summed E-state index contributed by atoms with van der Waals surface area (Å²) >= 11 is 0. The number of ketones is 1. The third-order valence-electron chi connectivity index (χ3n) is 7.88. The van der Waals surface area contributed by atoms with Crippen LogP contribution in [0.15, 0.2) is 97.2 Å². The van der Waals surface area contributed by atoms with Crippen LogP contribution in [0.2, 0.25) is 0 Å². The highest BCUT2D eigenvalue weighted by Crippen LogP contribution is 2.20. The summed E-state index contributed by atoms with van der Waals surface area (Å²) in [5, 5.41) is 13.2. The molecule has 0 aliphatic rings. The summed E-state index contributed by atoms with van der Waals surface area (Å²) in [5.41, 5.74) is 1.53. The first-order valence-electron chi connectivity index (χ1n) is 15.9. The fraction of sp³-hybridized carbons (Fsp3) is 0.237. The van der Waals surface area contributed by atoms with E-state index in [0.29, 0.717) is 16.5 Å². The highest BCUT2D eigenvalue weighted by atomic mass is 19.1. The Morgan fingerprint density at radius 2 is 1.43 bits per heavy atom. The molecule has 5 rings (SSSR count). The van der Waals surface area contributed by atoms with E-state index in [4.69, 9.17) is 0 Å². The number of Topliss-reactive ketones (excluding diaryl/α,β-unsaturated/α-hetero) is 1. The number of rotatable bonds is 12. The highest BCUT2D eigenvalue weighted by molar-refractivity contribution is 6.45. The summed E-state index contributed by atoms with van der Waals surface area (Å²) in [6.07, 6.45) is 0.889. The summed E-state index contributed by atoms with van der Waals surface area (Å²) in [7, 11) is 0. The van der Waals surface area contributed by atoms with E-state index in [1.807, 2.05) is 42.5 Å². The number of H-pyrrole nitrogens is 1. The van der Waals surface area contributed by atoms with E-state index in [1.54, 1.807) is 45.0 Å². The second-order valence-electron chi connectivity index (χ2n) is 12.9. The fourth-order valence-corrected chi connectivity index (χ4v) is 5.56. The summed E-state index contributed by atoms with van der Waals surface area (Å²) in [4.78, 5) is 70.0. The van der Waals surface area contributed by atoms with Gasteiger partial charge in [-0.05, 0) is 60.9 Å². The maximum Gasteiger partial charge on any atom is 0.293 e. The molecule has 0 radical (unpaired) electrons. The van der Waals surface area contributed by atoms with Gasteiger partial charge in [0.25, 0.3) is 11.7 Å². The van der Waals surface area contributed by atoms with Crippen LogP contribution >= 0.6 is 0 Å². The number of aromatic amines is 1. The molecule has 49 heavy (non-hydrogen) atoms. The van der Waals surface area contributed by atoms with Crippen LogP contribution in [0.1, 0.15) is 48.7 Å². The molecule has 0 saturated heterocycles. The average Bonchev–Trinajstić information content (AvgIpc) is 3.50. The van der Waals surface area contributed by atoms with Gasteiger partial charge in [-0.2, -0.15) is 0 Å². The van der Waals surface area contributed by atoms with Crippen LogP contribution in [-0.4, -0.2) is 52.0 Å². The average molecular weight is 664 g/mol. The summed E-state index contributed by atoms with van der Waals surface area (Å²) in [6.45, 7) is 5.44. The Balaban J connectivity index is 1.38. The highest BCUT2D eigenvalue weighted by Gasteiger charge is 2.32. The van der Waals surface area contributed by atoms with Crippen molar-refractivity contribution >= 4 is 51.1 Å². The van der Waals surface area contributed by atoms with Crippen molar-refractivity contribution in [3.8, 4) is 0 Å². The minimum absolute atomic E-state index is 0.0173. The Morgan fingerprint density at radius 1 is 0.755 bits per heavy atom. The van der Waals surface area contributed by atoms with Crippen molar-refractivity contribution in [2.75, 3.05) is 0 Å². The number of nitrogens with one attached hydrogen (secondary N) is 5. The molecule has 0 saturated carbocycles. The van der Waals surface area contributed by atoms with Gasteiger partial charge in [0.15, 0.2) is 0 Å². The monoisotopic (exact) mass is 663 g/mol. The molecule has 0 bridgehead atoms. The smallest absolute Gasteiger partial charge is 0.293 e. The number of amides is 4. The molecular formula is C38H38FN5O5. The van der Waals surface area contributed by atoms with Crippen molar-refractivity contribution in [3.63, 3.8) is 0 Å². The quantitative estimate of drug-likeness (QED) is 0.0987. The number of hydrogen-bond acceptors (Lipinski definition) is 5. The Bertz CT molecular complexity index is 2010. The summed E-state index contributed by atoms with van der Waals surface area (Å²) in [5.74, 6) is -4.40. The van der Waals surface area contributed by atoms with E-state index >= 15 is 0 Å². The van der Waals surface area contributed by atoms with Gasteiger partial charge in [0.05, 0.1) is 12.0 Å². The zero-order chi connectivity index (χ0) is 35.1. The Labute approximate surface area is 282 Å². The number of hydrogen-bond donors (Lipinski definition) is 5. The number of para-hydroxylation sites is 1. The number of halogens is 1. The molecule has 4 amide bonds. The van der Waals surface area contributed by atoms with Crippen LogP contribution in [0.3, 0.4) is 0 Å². The second kappa shape index (κ2) is 14.9. The summed E-state index contributed by atoms with van der Waals surface area (Å²) < 4.78 is 13.7. The topological polar surface area (TPSA) is 149 Å². The molecule has 2 atom stereocenters. The van der Waals surface area contributed by atoms with Crippen molar-refractivity contribution in [2.45, 2.75) is 57.8 Å². The Kier molecular flexibility index (Phi) is 10.5. The standard InChI is InChI=1S/C38H38FN5O5/c1-38(2,3)44-33(45)20-32(43-37(49)34(46)29-22-40-30-14-7-6-13-28(29)30)36(48)42-31(19-23-15-17-26(39)18-16-23)35(47)41-21-25-11-8-10-24-9-4-5-12-27(24)25/h4-18,22,31-32,40H,19-21H2,1-3H3,(H,41,47)(H,42,48)(H,43,49)(H,44,45)/t31-,32-/m0/s1. The molecule has 252 valence electrons. The molecule has 4 aromatic carbocycles. The van der Waals surface area contributed by atoms with Gasteiger partial charge in [-0.3, -0.25) is 24.0 Å². The lowest BCUT2D eigenvalue weighted by Crippen LogP contribution is -2.56. The van der Waals surface area contributed by atoms with Gasteiger partial charge in [-0.15, -0.1) is 0 Å². The number of aromatic nitrogens is 1. The lowest BCUT2D eigenvalue weighted by Gasteiger charge is -2.25. The first kappa shape index (κ1) is 34.5. The Hall–Kier alpha value is -5.84. The molecule has 1 heterocycles. The minimum atomic E-state index is -1.51. The van der Waals surface area contributed by atoms with Gasteiger partial charge in [-0.1, -0.05) is 72.8 Å². The van der Waals surface area contributed by atoms with Crippen LogP contribution in [0, 0.1) is 5.82 Å². The lowest BCUT2D eigenvalue weighted by molar-refractivity contribution is -0.133. The molecule has 0 spiro atoms. The molecular weight excluding hydrogens is 625 g/mol. The van der Waals surface area contributed by atoms with E-state index in [-0.39, 0.29) is 18.5 Å². The van der Waals surface area contributed by atoms with E-state index in [1.165, 1.54) is 30.5 Å². The first-order valence-corrected chi connectivity index (χ1v) is 15.9. The van der Waals surface area contributed by atoms with E-state index in [0.717, 1.165) is 16.3 Å². The second-order valence-corrected chi connectivity index (χ2v) is 12.9. The largest absolute Gasteiger partial charge is 0.360 e. The number of benzene rings is 4. The molecule has 5 aromatic rings. The first-order chi connectivity index (χ1) is 23.4. The SMILES string of the molecule is CC(C)(C)NC(=O)C[C@H](NC(=O)C(=O)c1c[nH]c2ccccc12)C(=O)N[C@@H](Cc1ccc(F)cc1)C(=O)NCc1cccc2ccccc12. The van der Waals surface area contributed by atoms with Gasteiger partial charge in [0.1, 0.15) is 17.9 Å². The molecule has 10 nitrogen and oxygen atoms in total. The maximum atomic E-state index is 13.8. The predicted octanol–water partition coefficient (Wildman–Crippen LogP) is 4.48. The van der Waals surface area contributed by atoms with Crippen molar-refractivity contribution in [1.82, 2.24) is 26.3 Å². The zero-order valence-electron chi connectivity index (χ0n) is 27.4. The third-order valence-corrected chi connectivity index (χ3v) is 7.88. The number of fused-ring (bicyclic) bond motifs is 2. The van der Waals surface area contributed by atoms with Crippen LogP contribution < -0.4 is 21.3 Å². The van der Waals surface area contributed by atoms with Crippen LogP contribution in [0.25, 0.3) is 21.7 Å². The normalized spacial score (nSPS) is 12.6. The van der Waals surface area contributed by atoms with E-state index in [2.05, 4.69) is 26.3 Å². The van der Waals surface area contributed by atoms with Gasteiger partial charge in [0.2, 0.25) is 17.7 Å². The van der Waals surface area contributed by atoms with Crippen molar-refractivity contribution in [3.05, 3.63) is 120 Å². The third kappa shape index (κ3) is 8.95. The molecule has 0 unspecified atom stereocenters. The molecule has 0 aliphatic heterocycles. The summed E-state index contributed by atoms with van der Waals surface area (Å²) in [6, 6.07) is 23.2. The van der Waals surface area contributed by atoms with Crippen molar-refractivity contribution < 1.29 is 28.4 Å². The van der Waals surface area contributed by atoms with Crippen LogP contribution in [-0.2, 0) is 32.1 Å². The van der Waals surface area contributed by atoms with Gasteiger partial charge in [0, 0.05) is 35.6 Å². The zero-order valence-corrected chi connectivity index (χ0v) is 27.4. The Morgan fingerprint density at radius 3 is 2.16 bits per heavy atom. The predicted molar refractivity (Wildman–Crippen MR) is 185 cm³/mol. The molecule has 11 heteroatoms. The lowest BCUT2D eigenvalue weighted by atomic mass is 10.0. The van der Waals surface area contributed by atoms with Gasteiger partial charge >= 0.3 is 0 Å². The van der Waals surface area contributed by atoms with Crippen molar-refractivity contribution in [1.29, 1.82) is 0 Å². The van der Waals surface area contributed by atoms with Gasteiger partial charge in [-0.25, -0.2) is 4.39 Å². The molecule has 0 fully saturated rings. The molecule has 1 aromatic heterocycles. The van der Waals surface area contributed by atoms with E-state index in [9.17, 15) is 28.4 Å². The minimum Gasteiger partial charge on any atom is -0.360 e. The fourth-order valence-electron chi connectivity index (χ4n) is 5.56. The number of carbonyl (C=O) groups is 5. The molecule has 5 N–H and O–H groups in total. The van der Waals surface area contributed by atoms with Gasteiger partial charge < -0.3 is 26.3 Å².